The normalized spacial score (nSPS) is 25.2. The van der Waals surface area contributed by atoms with E-state index in [9.17, 15) is 9.59 Å². The molecule has 4 heteroatoms. The molecule has 1 fully saturated rings. The Balaban J connectivity index is 2.44. The second-order valence-corrected chi connectivity index (χ2v) is 3.20. The number of ether oxygens (including phenoxy) is 2. The third-order valence-corrected chi connectivity index (χ3v) is 2.39. The molecule has 1 heterocycles. The van der Waals surface area contributed by atoms with E-state index in [1.807, 2.05) is 0 Å². The van der Waals surface area contributed by atoms with Crippen LogP contribution in [0.15, 0.2) is 11.1 Å². The average molecular weight is 182 g/mol. The van der Waals surface area contributed by atoms with E-state index in [0.29, 0.717) is 24.4 Å². The zero-order chi connectivity index (χ0) is 9.64. The Hall–Kier alpha value is -1.00. The molecule has 1 aliphatic heterocycles. The van der Waals surface area contributed by atoms with Crippen LogP contribution in [0.5, 0.6) is 0 Å². The van der Waals surface area contributed by atoms with Gasteiger partial charge in [-0.25, -0.2) is 0 Å². The van der Waals surface area contributed by atoms with Crippen LogP contribution >= 0.6 is 0 Å². The fraction of sp³-hybridized carbons (Fsp3) is 0.556. The van der Waals surface area contributed by atoms with Gasteiger partial charge < -0.3 is 9.47 Å². The van der Waals surface area contributed by atoms with Gasteiger partial charge in [-0.2, -0.15) is 0 Å². The molecule has 2 rings (SSSR count). The zero-order valence-electron chi connectivity index (χ0n) is 7.55. The first kappa shape index (κ1) is 8.59. The first-order chi connectivity index (χ1) is 6.09. The standard InChI is InChI=1S/C9H10O4/c1-5-7(6(2)10)9(8(5)11)12-3-4-13-9/h3-4H2,1-2H3. The van der Waals surface area contributed by atoms with E-state index in [1.165, 1.54) is 6.92 Å². The smallest absolute Gasteiger partial charge is 0.264 e. The maximum Gasteiger partial charge on any atom is 0.264 e. The van der Waals surface area contributed by atoms with Crippen molar-refractivity contribution in [2.24, 2.45) is 0 Å². The Bertz CT molecular complexity index is 321. The third-order valence-electron chi connectivity index (χ3n) is 2.39. The van der Waals surface area contributed by atoms with E-state index in [2.05, 4.69) is 0 Å². The van der Waals surface area contributed by atoms with Crippen molar-refractivity contribution in [1.29, 1.82) is 0 Å². The fourth-order valence-electron chi connectivity index (χ4n) is 1.84. The van der Waals surface area contributed by atoms with Crippen molar-refractivity contribution in [3.8, 4) is 0 Å². The molecule has 0 aromatic heterocycles. The minimum atomic E-state index is -1.32. The van der Waals surface area contributed by atoms with E-state index >= 15 is 0 Å². The van der Waals surface area contributed by atoms with E-state index in [-0.39, 0.29) is 11.6 Å². The summed E-state index contributed by atoms with van der Waals surface area (Å²) in [6.07, 6.45) is 0. The van der Waals surface area contributed by atoms with Gasteiger partial charge in [0.05, 0.1) is 18.8 Å². The highest BCUT2D eigenvalue weighted by atomic mass is 16.7. The summed E-state index contributed by atoms with van der Waals surface area (Å²) in [6, 6.07) is 0. The van der Waals surface area contributed by atoms with Crippen LogP contribution in [0.4, 0.5) is 0 Å². The van der Waals surface area contributed by atoms with E-state index < -0.39 is 5.79 Å². The summed E-state index contributed by atoms with van der Waals surface area (Å²) in [5.41, 5.74) is 0.851. The van der Waals surface area contributed by atoms with Gasteiger partial charge >= 0.3 is 0 Å². The van der Waals surface area contributed by atoms with E-state index in [0.717, 1.165) is 0 Å². The average Bonchev–Trinajstić information content (AvgIpc) is 2.54. The predicted molar refractivity (Wildman–Crippen MR) is 43.0 cm³/mol. The van der Waals surface area contributed by atoms with E-state index in [4.69, 9.17) is 9.47 Å². The van der Waals surface area contributed by atoms with Gasteiger partial charge in [0, 0.05) is 5.57 Å². The fourth-order valence-corrected chi connectivity index (χ4v) is 1.84. The van der Waals surface area contributed by atoms with Crippen molar-refractivity contribution < 1.29 is 19.1 Å². The molecule has 1 aliphatic carbocycles. The summed E-state index contributed by atoms with van der Waals surface area (Å²) in [6.45, 7) is 3.78. The quantitative estimate of drug-likeness (QED) is 0.582. The number of carbonyl (C=O) groups excluding carboxylic acids is 2. The Labute approximate surface area is 75.5 Å². The van der Waals surface area contributed by atoms with Crippen LogP contribution in [0, 0.1) is 0 Å². The molecule has 0 aromatic carbocycles. The van der Waals surface area contributed by atoms with Gasteiger partial charge in [0.25, 0.3) is 5.79 Å². The van der Waals surface area contributed by atoms with Crippen molar-refractivity contribution >= 4 is 11.6 Å². The molecular formula is C9H10O4. The maximum atomic E-state index is 11.4. The monoisotopic (exact) mass is 182 g/mol. The van der Waals surface area contributed by atoms with Gasteiger partial charge in [-0.05, 0) is 13.8 Å². The molecule has 4 nitrogen and oxygen atoms in total. The predicted octanol–water partition coefficient (Wildman–Crippen LogP) is 0.218. The number of Topliss-reactive ketones (excluding diaryl/α,β-unsaturated/α-hetero) is 2. The number of hydrogen-bond acceptors (Lipinski definition) is 4. The van der Waals surface area contributed by atoms with Crippen molar-refractivity contribution in [2.45, 2.75) is 19.6 Å². The van der Waals surface area contributed by atoms with Crippen molar-refractivity contribution in [3.63, 3.8) is 0 Å². The lowest BCUT2D eigenvalue weighted by Gasteiger charge is -2.36. The number of ketones is 2. The van der Waals surface area contributed by atoms with Crippen LogP contribution in [0.25, 0.3) is 0 Å². The van der Waals surface area contributed by atoms with Gasteiger partial charge in [0.15, 0.2) is 5.78 Å². The Morgan fingerprint density at radius 2 is 1.92 bits per heavy atom. The second kappa shape index (κ2) is 2.49. The van der Waals surface area contributed by atoms with Crippen molar-refractivity contribution in [2.75, 3.05) is 13.2 Å². The first-order valence-electron chi connectivity index (χ1n) is 4.14. The molecule has 0 N–H and O–H groups in total. The van der Waals surface area contributed by atoms with Gasteiger partial charge in [0.1, 0.15) is 0 Å². The van der Waals surface area contributed by atoms with Gasteiger partial charge in [0.2, 0.25) is 5.78 Å². The Morgan fingerprint density at radius 3 is 2.38 bits per heavy atom. The molecule has 0 bridgehead atoms. The van der Waals surface area contributed by atoms with Gasteiger partial charge in [-0.15, -0.1) is 0 Å². The molecule has 0 saturated carbocycles. The highest BCUT2D eigenvalue weighted by molar-refractivity contribution is 6.22. The molecule has 70 valence electrons. The summed E-state index contributed by atoms with van der Waals surface area (Å²) in [4.78, 5) is 22.6. The molecule has 1 saturated heterocycles. The van der Waals surface area contributed by atoms with Crippen molar-refractivity contribution in [3.05, 3.63) is 11.1 Å². The lowest BCUT2D eigenvalue weighted by molar-refractivity contribution is -0.173. The topological polar surface area (TPSA) is 52.6 Å². The van der Waals surface area contributed by atoms with E-state index in [1.54, 1.807) is 6.92 Å². The molecule has 13 heavy (non-hydrogen) atoms. The lowest BCUT2D eigenvalue weighted by atomic mass is 9.79. The summed E-state index contributed by atoms with van der Waals surface area (Å²) in [7, 11) is 0. The third kappa shape index (κ3) is 0.870. The maximum absolute atomic E-state index is 11.4. The molecule has 0 unspecified atom stereocenters. The minimum Gasteiger partial charge on any atom is -0.337 e. The summed E-state index contributed by atoms with van der Waals surface area (Å²) >= 11 is 0. The van der Waals surface area contributed by atoms with Gasteiger partial charge in [-0.1, -0.05) is 0 Å². The molecule has 2 aliphatic rings. The first-order valence-corrected chi connectivity index (χ1v) is 4.14. The second-order valence-electron chi connectivity index (χ2n) is 3.20. The number of hydrogen-bond donors (Lipinski definition) is 0. The highest BCUT2D eigenvalue weighted by Gasteiger charge is 2.58. The van der Waals surface area contributed by atoms with Crippen LogP contribution in [0.2, 0.25) is 0 Å². The van der Waals surface area contributed by atoms with Crippen molar-refractivity contribution in [1.82, 2.24) is 0 Å². The summed E-state index contributed by atoms with van der Waals surface area (Å²) < 4.78 is 10.4. The minimum absolute atomic E-state index is 0.154. The SMILES string of the molecule is CC(=O)C1=C(C)C(=O)C12OCCO2. The molecule has 0 radical (unpaired) electrons. The lowest BCUT2D eigenvalue weighted by Crippen LogP contribution is -2.53. The van der Waals surface area contributed by atoms with Gasteiger partial charge in [-0.3, -0.25) is 9.59 Å². The summed E-state index contributed by atoms with van der Waals surface area (Å²) in [5.74, 6) is -1.69. The molecule has 0 aromatic rings. The highest BCUT2D eigenvalue weighted by Crippen LogP contribution is 2.42. The number of rotatable bonds is 1. The molecular weight excluding hydrogens is 172 g/mol. The van der Waals surface area contributed by atoms with Crippen LogP contribution in [0.3, 0.4) is 0 Å². The Morgan fingerprint density at radius 1 is 1.38 bits per heavy atom. The summed E-state index contributed by atoms with van der Waals surface area (Å²) in [5, 5.41) is 0. The zero-order valence-corrected chi connectivity index (χ0v) is 7.55. The van der Waals surface area contributed by atoms with Crippen LogP contribution in [-0.2, 0) is 19.1 Å². The molecule has 1 spiro atoms. The van der Waals surface area contributed by atoms with Crippen LogP contribution in [-0.4, -0.2) is 30.6 Å². The number of carbonyl (C=O) groups is 2. The largest absolute Gasteiger partial charge is 0.337 e. The Kier molecular flexibility index (Phi) is 1.65. The van der Waals surface area contributed by atoms with Crippen LogP contribution in [0.1, 0.15) is 13.8 Å². The van der Waals surface area contributed by atoms with Crippen LogP contribution < -0.4 is 0 Å². The molecule has 0 amide bonds. The molecule has 0 atom stereocenters.